The van der Waals surface area contributed by atoms with E-state index in [9.17, 15) is 0 Å². The van der Waals surface area contributed by atoms with Gasteiger partial charge in [0.25, 0.3) is 0 Å². The molecule has 0 heterocycles. The van der Waals surface area contributed by atoms with E-state index in [4.69, 9.17) is 0 Å². The number of fused-ring (bicyclic) bond motifs is 2. The van der Waals surface area contributed by atoms with Crippen LogP contribution in [0.5, 0.6) is 0 Å². The first kappa shape index (κ1) is 22.8. The van der Waals surface area contributed by atoms with Crippen LogP contribution in [0, 0.1) is 22.7 Å². The van der Waals surface area contributed by atoms with E-state index < -0.39 is 21.8 Å². The molecule has 0 amide bonds. The Morgan fingerprint density at radius 1 is 0.933 bits per heavy atom. The average molecular weight is 483 g/mol. The second-order valence-electron chi connectivity index (χ2n) is 11.2. The van der Waals surface area contributed by atoms with E-state index in [1.165, 1.54) is 44.1 Å². The van der Waals surface area contributed by atoms with Gasteiger partial charge in [0.1, 0.15) is 0 Å². The fraction of sp³-hybridized carbons (Fsp3) is 0.655. The normalized spacial score (nSPS) is 33.5. The predicted octanol–water partition coefficient (Wildman–Crippen LogP) is 9.27. The zero-order valence-electron chi connectivity index (χ0n) is 20.1. The quantitative estimate of drug-likeness (QED) is 0.324. The summed E-state index contributed by atoms with van der Waals surface area (Å²) in [6.07, 6.45) is 19.0. The molecule has 163 valence electrons. The van der Waals surface area contributed by atoms with Gasteiger partial charge in [0.05, 0.1) is 0 Å². The fourth-order valence-corrected chi connectivity index (χ4v) is 17.9. The van der Waals surface area contributed by atoms with Crippen LogP contribution in [0.1, 0.15) is 90.2 Å². The van der Waals surface area contributed by atoms with E-state index in [1.54, 1.807) is 13.8 Å². The molecule has 3 aliphatic rings. The number of benzene rings is 1. The van der Waals surface area contributed by atoms with Crippen molar-refractivity contribution in [3.05, 3.63) is 53.6 Å². The standard InChI is InChI=1S/C21H25.2C4H9.Zr/c1-20(2)13-14-21(3,19-10-6-9-18(19)20)17-12-11-15-7-4-5-8-16(15)17;2*1-3-4-2;/h4-5,7-9,11-14,17-19H,6,10H2,1-3H3;2*1,3-4H2,2H3;. The van der Waals surface area contributed by atoms with Crippen molar-refractivity contribution >= 4 is 6.08 Å². The molecule has 1 fully saturated rings. The molecule has 5 atom stereocenters. The number of hydrogen-bond acceptors (Lipinski definition) is 0. The molecular weight excluding hydrogens is 440 g/mol. The molecule has 1 saturated carbocycles. The van der Waals surface area contributed by atoms with Gasteiger partial charge >= 0.3 is 195 Å². The van der Waals surface area contributed by atoms with Crippen molar-refractivity contribution in [3.8, 4) is 0 Å². The van der Waals surface area contributed by atoms with Gasteiger partial charge in [0.2, 0.25) is 0 Å². The van der Waals surface area contributed by atoms with Gasteiger partial charge < -0.3 is 0 Å². The van der Waals surface area contributed by atoms with Crippen molar-refractivity contribution < 1.29 is 21.8 Å². The number of hydrogen-bond donors (Lipinski definition) is 0. The fourth-order valence-electron chi connectivity index (χ4n) is 7.25. The predicted molar refractivity (Wildman–Crippen MR) is 129 cm³/mol. The van der Waals surface area contributed by atoms with Crippen molar-refractivity contribution in [1.29, 1.82) is 0 Å². The summed E-state index contributed by atoms with van der Waals surface area (Å²) in [5, 5.41) is 0. The van der Waals surface area contributed by atoms with Crippen molar-refractivity contribution in [2.24, 2.45) is 22.7 Å². The molecule has 5 unspecified atom stereocenters. The van der Waals surface area contributed by atoms with Crippen molar-refractivity contribution in [1.82, 2.24) is 0 Å². The molecule has 0 radical (unpaired) electrons. The van der Waals surface area contributed by atoms with E-state index in [0.717, 1.165) is 15.5 Å². The minimum atomic E-state index is -1.39. The van der Waals surface area contributed by atoms with Crippen molar-refractivity contribution in [3.63, 3.8) is 0 Å². The molecule has 0 aliphatic heterocycles. The molecule has 1 heteroatoms. The zero-order valence-corrected chi connectivity index (χ0v) is 22.5. The minimum absolute atomic E-state index is 0.280. The molecule has 0 aromatic heterocycles. The Hall–Kier alpha value is -0.417. The van der Waals surface area contributed by atoms with Crippen LogP contribution < -0.4 is 0 Å². The van der Waals surface area contributed by atoms with Gasteiger partial charge in [0, 0.05) is 0 Å². The first-order valence-electron chi connectivity index (χ1n) is 12.7. The van der Waals surface area contributed by atoms with Gasteiger partial charge in [-0.2, -0.15) is 0 Å². The van der Waals surface area contributed by atoms with Crippen molar-refractivity contribution in [2.75, 3.05) is 0 Å². The first-order valence-corrected chi connectivity index (χ1v) is 17.6. The summed E-state index contributed by atoms with van der Waals surface area (Å²) in [6.45, 7) is 12.5. The summed E-state index contributed by atoms with van der Waals surface area (Å²) in [4.78, 5) is 0. The second kappa shape index (κ2) is 9.21. The third-order valence-corrected chi connectivity index (χ3v) is 17.9. The van der Waals surface area contributed by atoms with Gasteiger partial charge in [0.15, 0.2) is 0 Å². The topological polar surface area (TPSA) is 0 Å². The van der Waals surface area contributed by atoms with Crippen LogP contribution in [0.25, 0.3) is 6.08 Å². The van der Waals surface area contributed by atoms with Crippen LogP contribution in [0.4, 0.5) is 0 Å². The van der Waals surface area contributed by atoms with E-state index in [0.29, 0.717) is 11.3 Å². The van der Waals surface area contributed by atoms with Gasteiger partial charge in [-0.1, -0.05) is 0 Å². The maximum atomic E-state index is 2.66. The summed E-state index contributed by atoms with van der Waals surface area (Å²) >= 11 is -1.39. The third kappa shape index (κ3) is 4.03. The zero-order chi connectivity index (χ0) is 21.4. The van der Waals surface area contributed by atoms with Gasteiger partial charge in [-0.3, -0.25) is 0 Å². The van der Waals surface area contributed by atoms with Gasteiger partial charge in [-0.15, -0.1) is 0 Å². The molecule has 4 rings (SSSR count). The van der Waals surface area contributed by atoms with Gasteiger partial charge in [-0.05, 0) is 0 Å². The first-order chi connectivity index (χ1) is 14.4. The van der Waals surface area contributed by atoms with Gasteiger partial charge in [-0.25, -0.2) is 0 Å². The van der Waals surface area contributed by atoms with Crippen LogP contribution >= 0.6 is 0 Å². The maximum absolute atomic E-state index is 2.66. The SMILES string of the molecule is CCC[CH2][Zr]([CH2]CCC)[CH]1CCC2C1C(C)(C)C=CC2(C)C1C=Cc2ccccc21. The summed E-state index contributed by atoms with van der Waals surface area (Å²) < 4.78 is 4.40. The molecule has 0 saturated heterocycles. The Bertz CT molecular complexity index is 779. The summed E-state index contributed by atoms with van der Waals surface area (Å²) in [7, 11) is 0. The van der Waals surface area contributed by atoms with Crippen LogP contribution in [0.2, 0.25) is 11.9 Å². The van der Waals surface area contributed by atoms with Crippen LogP contribution in [-0.2, 0) is 21.8 Å². The summed E-state index contributed by atoms with van der Waals surface area (Å²) in [6, 6.07) is 9.14. The Kier molecular flexibility index (Phi) is 6.99. The molecule has 1 aromatic rings. The monoisotopic (exact) mass is 481 g/mol. The Labute approximate surface area is 194 Å². The summed E-state index contributed by atoms with van der Waals surface area (Å²) in [5.74, 6) is 2.32. The van der Waals surface area contributed by atoms with E-state index >= 15 is 0 Å². The molecule has 0 bridgehead atoms. The molecule has 1 aromatic carbocycles. The van der Waals surface area contributed by atoms with E-state index in [2.05, 4.69) is 83.2 Å². The summed E-state index contributed by atoms with van der Waals surface area (Å²) in [5.41, 5.74) is 3.68. The third-order valence-electron chi connectivity index (χ3n) is 8.88. The average Bonchev–Trinajstić information content (AvgIpc) is 3.38. The van der Waals surface area contributed by atoms with E-state index in [1.807, 2.05) is 0 Å². The molecule has 3 aliphatic carbocycles. The van der Waals surface area contributed by atoms with Crippen molar-refractivity contribution in [2.45, 2.75) is 90.9 Å². The molecule has 0 spiro atoms. The van der Waals surface area contributed by atoms with Crippen LogP contribution in [-0.4, -0.2) is 0 Å². The Morgan fingerprint density at radius 2 is 1.63 bits per heavy atom. The second-order valence-corrected chi connectivity index (χ2v) is 18.7. The van der Waals surface area contributed by atoms with Crippen LogP contribution in [0.15, 0.2) is 42.5 Å². The molecule has 0 nitrogen and oxygen atoms in total. The Balaban J connectivity index is 1.66. The number of rotatable bonds is 8. The van der Waals surface area contributed by atoms with E-state index in [-0.39, 0.29) is 5.41 Å². The van der Waals surface area contributed by atoms with Crippen LogP contribution in [0.3, 0.4) is 0 Å². The molecular formula is C29H43Zr. The Morgan fingerprint density at radius 3 is 2.33 bits per heavy atom. The number of allylic oxidation sites excluding steroid dienone is 3. The molecule has 30 heavy (non-hydrogen) atoms. The number of unbranched alkanes of at least 4 members (excludes halogenated alkanes) is 2. The molecule has 0 N–H and O–H groups in total.